The molecule has 0 saturated carbocycles. The molecule has 3 aromatic carbocycles. The maximum absolute atomic E-state index is 12.3. The Morgan fingerprint density at radius 2 is 1.42 bits per heavy atom. The molecule has 0 amide bonds. The van der Waals surface area contributed by atoms with Crippen LogP contribution in [0.3, 0.4) is 0 Å². The molecule has 24 heavy (non-hydrogen) atoms. The highest BCUT2D eigenvalue weighted by Crippen LogP contribution is 2.27. The fourth-order valence-corrected chi connectivity index (χ4v) is 2.60. The van der Waals surface area contributed by atoms with Gasteiger partial charge in [0.15, 0.2) is 0 Å². The van der Waals surface area contributed by atoms with E-state index >= 15 is 0 Å². The maximum atomic E-state index is 12.3. The average Bonchev–Trinajstić information content (AvgIpc) is 2.63. The molecule has 1 heterocycles. The summed E-state index contributed by atoms with van der Waals surface area (Å²) in [6, 6.07) is 26.3. The van der Waals surface area contributed by atoms with Gasteiger partial charge in [0.1, 0.15) is 17.1 Å². The predicted octanol–water partition coefficient (Wildman–Crippen LogP) is 5.25. The van der Waals surface area contributed by atoms with Crippen LogP contribution in [0.2, 0.25) is 0 Å². The van der Waals surface area contributed by atoms with E-state index in [0.29, 0.717) is 16.9 Å². The largest absolute Gasteiger partial charge is 0.457 e. The number of ether oxygens (including phenoxy) is 1. The molecule has 0 aliphatic heterocycles. The Balaban J connectivity index is 1.75. The van der Waals surface area contributed by atoms with E-state index in [9.17, 15) is 4.79 Å². The van der Waals surface area contributed by atoms with Crippen LogP contribution in [0.15, 0.2) is 94.1 Å². The van der Waals surface area contributed by atoms with Crippen molar-refractivity contribution in [3.05, 3.63) is 95.3 Å². The van der Waals surface area contributed by atoms with Gasteiger partial charge in [0.05, 0.1) is 5.56 Å². The number of fused-ring (bicyclic) bond motifs is 1. The van der Waals surface area contributed by atoms with Crippen LogP contribution in [0.4, 0.5) is 0 Å². The van der Waals surface area contributed by atoms with Crippen molar-refractivity contribution < 1.29 is 9.15 Å². The van der Waals surface area contributed by atoms with E-state index in [0.717, 1.165) is 16.7 Å². The lowest BCUT2D eigenvalue weighted by atomic mass is 10.1. The first kappa shape index (κ1) is 14.3. The number of rotatable bonds is 3. The quantitative estimate of drug-likeness (QED) is 0.485. The van der Waals surface area contributed by atoms with E-state index in [1.54, 1.807) is 6.07 Å². The van der Waals surface area contributed by atoms with Crippen molar-refractivity contribution in [1.29, 1.82) is 0 Å². The Labute approximate surface area is 138 Å². The Morgan fingerprint density at radius 3 is 2.17 bits per heavy atom. The number of benzene rings is 3. The molecule has 0 aliphatic rings. The Morgan fingerprint density at radius 1 is 0.708 bits per heavy atom. The van der Waals surface area contributed by atoms with Crippen LogP contribution in [-0.4, -0.2) is 0 Å². The van der Waals surface area contributed by atoms with Gasteiger partial charge in [0.25, 0.3) is 0 Å². The molecule has 3 nitrogen and oxygen atoms in total. The van der Waals surface area contributed by atoms with E-state index in [1.165, 1.54) is 0 Å². The van der Waals surface area contributed by atoms with E-state index in [-0.39, 0.29) is 5.63 Å². The summed E-state index contributed by atoms with van der Waals surface area (Å²) in [6.45, 7) is 0. The molecule has 4 aromatic rings. The number of hydrogen-bond donors (Lipinski definition) is 0. The van der Waals surface area contributed by atoms with Crippen molar-refractivity contribution in [2.75, 3.05) is 0 Å². The Bertz CT molecular complexity index is 1030. The van der Waals surface area contributed by atoms with Crippen LogP contribution in [-0.2, 0) is 0 Å². The summed E-state index contributed by atoms with van der Waals surface area (Å²) in [5.74, 6) is 1.37. The zero-order chi connectivity index (χ0) is 16.4. The molecule has 0 fully saturated rings. The van der Waals surface area contributed by atoms with Crippen molar-refractivity contribution in [2.24, 2.45) is 0 Å². The Kier molecular flexibility index (Phi) is 3.60. The standard InChI is InChI=1S/C21H14O3/c22-21-19(15-7-3-1-4-8-15)13-16-11-12-18(14-20(16)24-21)23-17-9-5-2-6-10-17/h1-14H. The van der Waals surface area contributed by atoms with Crippen LogP contribution in [0.5, 0.6) is 11.5 Å². The van der Waals surface area contributed by atoms with Gasteiger partial charge in [-0.3, -0.25) is 0 Å². The SMILES string of the molecule is O=c1oc2cc(Oc3ccccc3)ccc2cc1-c1ccccc1. The van der Waals surface area contributed by atoms with Gasteiger partial charge in [-0.15, -0.1) is 0 Å². The third-order valence-electron chi connectivity index (χ3n) is 3.77. The number of para-hydroxylation sites is 1. The fourth-order valence-electron chi connectivity index (χ4n) is 2.60. The summed E-state index contributed by atoms with van der Waals surface area (Å²) in [4.78, 5) is 12.3. The molecular weight excluding hydrogens is 300 g/mol. The van der Waals surface area contributed by atoms with Crippen LogP contribution >= 0.6 is 0 Å². The topological polar surface area (TPSA) is 39.4 Å². The molecule has 0 bridgehead atoms. The smallest absolute Gasteiger partial charge is 0.344 e. The molecular formula is C21H14O3. The second-order valence-corrected chi connectivity index (χ2v) is 5.43. The third kappa shape index (κ3) is 2.79. The van der Waals surface area contributed by atoms with Gasteiger partial charge in [-0.2, -0.15) is 0 Å². The van der Waals surface area contributed by atoms with Gasteiger partial charge in [-0.1, -0.05) is 48.5 Å². The zero-order valence-electron chi connectivity index (χ0n) is 12.8. The second-order valence-electron chi connectivity index (χ2n) is 5.43. The number of hydrogen-bond acceptors (Lipinski definition) is 3. The van der Waals surface area contributed by atoms with Crippen molar-refractivity contribution in [2.45, 2.75) is 0 Å². The molecule has 0 spiro atoms. The summed E-state index contributed by atoms with van der Waals surface area (Å²) >= 11 is 0. The highest BCUT2D eigenvalue weighted by atomic mass is 16.5. The molecule has 0 N–H and O–H groups in total. The summed E-state index contributed by atoms with van der Waals surface area (Å²) < 4.78 is 11.3. The van der Waals surface area contributed by atoms with E-state index in [2.05, 4.69) is 0 Å². The molecule has 116 valence electrons. The van der Waals surface area contributed by atoms with Crippen molar-refractivity contribution in [1.82, 2.24) is 0 Å². The molecule has 3 heteroatoms. The van der Waals surface area contributed by atoms with E-state index < -0.39 is 0 Å². The average molecular weight is 314 g/mol. The molecule has 1 aromatic heterocycles. The first-order valence-electron chi connectivity index (χ1n) is 7.66. The van der Waals surface area contributed by atoms with Gasteiger partial charge in [0.2, 0.25) is 0 Å². The summed E-state index contributed by atoms with van der Waals surface area (Å²) in [6.07, 6.45) is 0. The van der Waals surface area contributed by atoms with Crippen LogP contribution in [0, 0.1) is 0 Å². The van der Waals surface area contributed by atoms with Crippen molar-refractivity contribution in [3.63, 3.8) is 0 Å². The summed E-state index contributed by atoms with van der Waals surface area (Å²) in [7, 11) is 0. The van der Waals surface area contributed by atoms with Crippen LogP contribution < -0.4 is 10.4 Å². The van der Waals surface area contributed by atoms with Crippen LogP contribution in [0.25, 0.3) is 22.1 Å². The van der Waals surface area contributed by atoms with Gasteiger partial charge in [-0.25, -0.2) is 4.79 Å². The van der Waals surface area contributed by atoms with Crippen molar-refractivity contribution in [3.8, 4) is 22.6 Å². The lowest BCUT2D eigenvalue weighted by Gasteiger charge is -2.07. The minimum atomic E-state index is -0.356. The minimum absolute atomic E-state index is 0.356. The molecule has 0 aliphatic carbocycles. The van der Waals surface area contributed by atoms with Gasteiger partial charge in [-0.05, 0) is 35.9 Å². The molecule has 0 unspecified atom stereocenters. The van der Waals surface area contributed by atoms with Gasteiger partial charge in [0, 0.05) is 11.5 Å². The van der Waals surface area contributed by atoms with E-state index in [4.69, 9.17) is 9.15 Å². The molecule has 0 saturated heterocycles. The molecule has 4 rings (SSSR count). The lowest BCUT2D eigenvalue weighted by molar-refractivity contribution is 0.480. The third-order valence-corrected chi connectivity index (χ3v) is 3.77. The minimum Gasteiger partial charge on any atom is -0.457 e. The Hall–Kier alpha value is -3.33. The fraction of sp³-hybridized carbons (Fsp3) is 0. The monoisotopic (exact) mass is 314 g/mol. The van der Waals surface area contributed by atoms with Gasteiger partial charge < -0.3 is 9.15 Å². The van der Waals surface area contributed by atoms with E-state index in [1.807, 2.05) is 78.9 Å². The first-order valence-corrected chi connectivity index (χ1v) is 7.66. The maximum Gasteiger partial charge on any atom is 0.344 e. The highest BCUT2D eigenvalue weighted by Gasteiger charge is 2.08. The summed E-state index contributed by atoms with van der Waals surface area (Å²) in [5, 5.41) is 0.855. The predicted molar refractivity (Wildman–Crippen MR) is 94.4 cm³/mol. The molecule has 0 radical (unpaired) electrons. The summed E-state index contributed by atoms with van der Waals surface area (Å²) in [5.41, 5.74) is 1.55. The molecule has 0 atom stereocenters. The second kappa shape index (κ2) is 6.05. The lowest BCUT2D eigenvalue weighted by Crippen LogP contribution is -2.02. The first-order chi connectivity index (χ1) is 11.8. The van der Waals surface area contributed by atoms with Gasteiger partial charge >= 0.3 is 5.63 Å². The van der Waals surface area contributed by atoms with Crippen molar-refractivity contribution >= 4 is 11.0 Å². The highest BCUT2D eigenvalue weighted by molar-refractivity contribution is 5.82. The normalized spacial score (nSPS) is 10.7. The zero-order valence-corrected chi connectivity index (χ0v) is 12.8. The van der Waals surface area contributed by atoms with Crippen LogP contribution in [0.1, 0.15) is 0 Å².